The summed E-state index contributed by atoms with van der Waals surface area (Å²) in [7, 11) is -3.93. The quantitative estimate of drug-likeness (QED) is 0.413. The highest BCUT2D eigenvalue weighted by molar-refractivity contribution is 7.90. The van der Waals surface area contributed by atoms with Crippen LogP contribution >= 0.6 is 0 Å². The van der Waals surface area contributed by atoms with Gasteiger partial charge in [0.1, 0.15) is 0 Å². The molecule has 1 heterocycles. The summed E-state index contributed by atoms with van der Waals surface area (Å²) in [5, 5.41) is 10.8. The number of guanidine groups is 1. The van der Waals surface area contributed by atoms with Gasteiger partial charge >= 0.3 is 0 Å². The smallest absolute Gasteiger partial charge is 0.285 e. The van der Waals surface area contributed by atoms with Gasteiger partial charge in [-0.15, -0.1) is 4.40 Å². The van der Waals surface area contributed by atoms with E-state index in [1.165, 1.54) is 30.5 Å². The zero-order chi connectivity index (χ0) is 18.0. The van der Waals surface area contributed by atoms with Gasteiger partial charge in [-0.1, -0.05) is 18.2 Å². The number of aromatic amines is 1. The number of nitrogens with one attached hydrogen (secondary N) is 1. The Bertz CT molecular complexity index is 1080. The molecule has 0 unspecified atom stereocenters. The number of sulfonamides is 1. The molecule has 0 bridgehead atoms. The summed E-state index contributed by atoms with van der Waals surface area (Å²) in [6.07, 6.45) is 1.51. The molecule has 1 aromatic heterocycles. The Morgan fingerprint density at radius 2 is 1.76 bits per heavy atom. The molecule has 0 aliphatic heterocycles. The van der Waals surface area contributed by atoms with Crippen molar-refractivity contribution in [3.63, 3.8) is 0 Å². The largest absolute Gasteiger partial charge is 0.494 e. The zero-order valence-electron chi connectivity index (χ0n) is 12.9. The normalized spacial score (nSPS) is 11.8. The number of H-pyrrole nitrogens is 1. The maximum absolute atomic E-state index is 11.9. The molecule has 0 fully saturated rings. The zero-order valence-corrected chi connectivity index (χ0v) is 13.7. The lowest BCUT2D eigenvalue weighted by molar-refractivity contribution is 0.457. The third-order valence-electron chi connectivity index (χ3n) is 3.43. The fraction of sp³-hybridized carbons (Fsp3) is 0. The number of aliphatic imine (C=N–C) groups is 1. The molecule has 0 amide bonds. The molecule has 3 aromatic rings. The highest BCUT2D eigenvalue weighted by Gasteiger charge is 2.12. The van der Waals surface area contributed by atoms with Gasteiger partial charge in [0.05, 0.1) is 16.1 Å². The lowest BCUT2D eigenvalue weighted by Crippen LogP contribution is -2.24. The lowest BCUT2D eigenvalue weighted by atomic mass is 10.2. The van der Waals surface area contributed by atoms with E-state index >= 15 is 0 Å². The van der Waals surface area contributed by atoms with Crippen LogP contribution in [0.25, 0.3) is 10.9 Å². The number of para-hydroxylation sites is 1. The lowest BCUT2D eigenvalue weighted by Gasteiger charge is -2.00. The predicted molar refractivity (Wildman–Crippen MR) is 96.7 cm³/mol. The molecular formula is C16H15N5O3S. The summed E-state index contributed by atoms with van der Waals surface area (Å²) in [4.78, 5) is 7.07. The van der Waals surface area contributed by atoms with E-state index in [9.17, 15) is 13.5 Å². The first-order valence-corrected chi connectivity index (χ1v) is 8.60. The number of nitrogens with zero attached hydrogens (tertiary/aromatic N) is 2. The Kier molecular flexibility index (Phi) is 4.15. The highest BCUT2D eigenvalue weighted by atomic mass is 32.2. The van der Waals surface area contributed by atoms with Crippen molar-refractivity contribution in [1.82, 2.24) is 4.98 Å². The second kappa shape index (κ2) is 6.29. The molecule has 128 valence electrons. The Morgan fingerprint density at radius 3 is 2.44 bits per heavy atom. The van der Waals surface area contributed by atoms with Crippen LogP contribution in [0.4, 0.5) is 5.69 Å². The van der Waals surface area contributed by atoms with Crippen LogP contribution in [0, 0.1) is 0 Å². The Balaban J connectivity index is 1.90. The summed E-state index contributed by atoms with van der Waals surface area (Å²) in [5.41, 5.74) is 12.1. The summed E-state index contributed by atoms with van der Waals surface area (Å²) in [5.74, 6) is -0.520. The van der Waals surface area contributed by atoms with Gasteiger partial charge in [0.25, 0.3) is 10.0 Å². The van der Waals surface area contributed by atoms with Gasteiger partial charge in [0, 0.05) is 17.1 Å². The van der Waals surface area contributed by atoms with Crippen LogP contribution in [0.1, 0.15) is 5.56 Å². The standard InChI is InChI=1S/C16H15N5O3S/c17-16(18)21-25(23,24)11-7-5-10(6-8-11)19-9-13-12-3-1-2-4-14(12)20-15(13)22/h1-9,20,22H,(H4,17,18,21). The summed E-state index contributed by atoms with van der Waals surface area (Å²) in [6.45, 7) is 0. The van der Waals surface area contributed by atoms with Crippen LogP contribution in [0.15, 0.2) is 62.8 Å². The first-order valence-electron chi connectivity index (χ1n) is 7.16. The molecule has 0 radical (unpaired) electrons. The highest BCUT2D eigenvalue weighted by Crippen LogP contribution is 2.26. The van der Waals surface area contributed by atoms with Crippen LogP contribution in [-0.4, -0.2) is 30.7 Å². The third-order valence-corrected chi connectivity index (χ3v) is 4.75. The van der Waals surface area contributed by atoms with Gasteiger partial charge in [-0.05, 0) is 30.3 Å². The van der Waals surface area contributed by atoms with E-state index in [1.54, 1.807) is 0 Å². The van der Waals surface area contributed by atoms with Crippen molar-refractivity contribution in [1.29, 1.82) is 0 Å². The number of nitrogens with two attached hydrogens (primary N) is 2. The molecule has 0 aliphatic rings. The minimum Gasteiger partial charge on any atom is -0.494 e. The molecule has 0 saturated carbocycles. The summed E-state index contributed by atoms with van der Waals surface area (Å²) < 4.78 is 26.9. The first kappa shape index (κ1) is 16.5. The van der Waals surface area contributed by atoms with Crippen molar-refractivity contribution in [3.05, 3.63) is 54.1 Å². The van der Waals surface area contributed by atoms with Crippen LogP contribution in [-0.2, 0) is 10.0 Å². The van der Waals surface area contributed by atoms with Crippen LogP contribution < -0.4 is 11.5 Å². The van der Waals surface area contributed by atoms with Crippen molar-refractivity contribution in [2.24, 2.45) is 20.9 Å². The van der Waals surface area contributed by atoms with Crippen LogP contribution in [0.3, 0.4) is 0 Å². The van der Waals surface area contributed by atoms with E-state index in [2.05, 4.69) is 14.4 Å². The number of hydrogen-bond acceptors (Lipinski definition) is 4. The fourth-order valence-electron chi connectivity index (χ4n) is 2.31. The molecule has 8 nitrogen and oxygen atoms in total. The van der Waals surface area contributed by atoms with Gasteiger partial charge < -0.3 is 21.6 Å². The van der Waals surface area contributed by atoms with Gasteiger partial charge in [-0.3, -0.25) is 4.99 Å². The number of benzene rings is 2. The molecule has 0 spiro atoms. The predicted octanol–water partition coefficient (Wildman–Crippen LogP) is 1.59. The maximum Gasteiger partial charge on any atom is 0.285 e. The van der Waals surface area contributed by atoms with Gasteiger partial charge in [-0.2, -0.15) is 8.42 Å². The Hall–Kier alpha value is -3.33. The van der Waals surface area contributed by atoms with E-state index in [4.69, 9.17) is 11.5 Å². The van der Waals surface area contributed by atoms with Crippen molar-refractivity contribution >= 4 is 38.8 Å². The Labute approximate surface area is 143 Å². The molecule has 6 N–H and O–H groups in total. The van der Waals surface area contributed by atoms with Crippen molar-refractivity contribution < 1.29 is 13.5 Å². The van der Waals surface area contributed by atoms with E-state index in [0.29, 0.717) is 11.3 Å². The number of fused-ring (bicyclic) bond motifs is 1. The van der Waals surface area contributed by atoms with Gasteiger partial charge in [0.2, 0.25) is 5.96 Å². The SMILES string of the molecule is NC(N)=NS(=O)(=O)c1ccc(N=Cc2c(O)[nH]c3ccccc23)cc1. The van der Waals surface area contributed by atoms with Crippen molar-refractivity contribution in [3.8, 4) is 5.88 Å². The number of aromatic hydroxyl groups is 1. The van der Waals surface area contributed by atoms with Gasteiger partial charge in [-0.25, -0.2) is 0 Å². The second-order valence-electron chi connectivity index (χ2n) is 5.18. The average molecular weight is 357 g/mol. The maximum atomic E-state index is 11.9. The van der Waals surface area contributed by atoms with E-state index in [1.807, 2.05) is 24.3 Å². The molecule has 3 rings (SSSR count). The van der Waals surface area contributed by atoms with Crippen LogP contribution in [0.2, 0.25) is 0 Å². The molecule has 9 heteroatoms. The van der Waals surface area contributed by atoms with Gasteiger partial charge in [0.15, 0.2) is 5.88 Å². The van der Waals surface area contributed by atoms with Crippen molar-refractivity contribution in [2.75, 3.05) is 0 Å². The Morgan fingerprint density at radius 1 is 1.08 bits per heavy atom. The number of rotatable bonds is 4. The average Bonchev–Trinajstić information content (AvgIpc) is 2.87. The molecule has 0 aliphatic carbocycles. The summed E-state index contributed by atoms with van der Waals surface area (Å²) in [6, 6.07) is 13.1. The fourth-order valence-corrected chi connectivity index (χ4v) is 3.18. The first-order chi connectivity index (χ1) is 11.9. The summed E-state index contributed by atoms with van der Waals surface area (Å²) >= 11 is 0. The van der Waals surface area contributed by atoms with E-state index in [0.717, 1.165) is 10.9 Å². The monoisotopic (exact) mass is 357 g/mol. The molecule has 0 saturated heterocycles. The molecule has 2 aromatic carbocycles. The molecule has 25 heavy (non-hydrogen) atoms. The van der Waals surface area contributed by atoms with Crippen molar-refractivity contribution in [2.45, 2.75) is 4.90 Å². The minimum atomic E-state index is -3.93. The number of aromatic nitrogens is 1. The van der Waals surface area contributed by atoms with E-state index in [-0.39, 0.29) is 10.8 Å². The topological polar surface area (TPSA) is 147 Å². The molecule has 0 atom stereocenters. The second-order valence-corrected chi connectivity index (χ2v) is 6.78. The molecular weight excluding hydrogens is 342 g/mol. The van der Waals surface area contributed by atoms with E-state index < -0.39 is 16.0 Å². The van der Waals surface area contributed by atoms with Crippen LogP contribution in [0.5, 0.6) is 5.88 Å². The minimum absolute atomic E-state index is 0.0110. The number of hydrogen-bond donors (Lipinski definition) is 4. The third kappa shape index (κ3) is 3.45.